The summed E-state index contributed by atoms with van der Waals surface area (Å²) >= 11 is 5.31. The van der Waals surface area contributed by atoms with E-state index in [0.29, 0.717) is 6.61 Å². The van der Waals surface area contributed by atoms with Crippen LogP contribution >= 0.6 is 11.6 Å². The van der Waals surface area contributed by atoms with Crippen LogP contribution in [0, 0.1) is 0 Å². The maximum atomic E-state index is 10.7. The Hall–Kier alpha value is -0.280. The van der Waals surface area contributed by atoms with Crippen molar-refractivity contribution in [1.82, 2.24) is 6.15 Å². The number of ether oxygens (including phenoxy) is 1. The highest BCUT2D eigenvalue weighted by molar-refractivity contribution is 6.26. The van der Waals surface area contributed by atoms with Gasteiger partial charge in [0.05, 0.1) is 6.61 Å². The highest BCUT2D eigenvalue weighted by atomic mass is 35.5. The third-order valence-electron chi connectivity index (χ3n) is 2.87. The Labute approximate surface area is 117 Å². The second-order valence-corrected chi connectivity index (χ2v) is 4.80. The second-order valence-electron chi connectivity index (χ2n) is 4.54. The zero-order valence-electron chi connectivity index (χ0n) is 11.9. The molecule has 0 amide bonds. The van der Waals surface area contributed by atoms with Crippen LogP contribution in [0.2, 0.25) is 0 Å². The zero-order valence-corrected chi connectivity index (χ0v) is 12.6. The van der Waals surface area contributed by atoms with Crippen molar-refractivity contribution < 1.29 is 9.53 Å². The monoisotopic (exact) mass is 279 g/mol. The summed E-state index contributed by atoms with van der Waals surface area (Å²) in [6, 6.07) is 0. The summed E-state index contributed by atoms with van der Waals surface area (Å²) in [5, 5.41) is 0. The molecule has 0 aliphatic carbocycles. The number of hydrogen-bond donors (Lipinski definition) is 1. The molecular weight excluding hydrogens is 250 g/mol. The van der Waals surface area contributed by atoms with Crippen LogP contribution < -0.4 is 6.15 Å². The standard InChI is InChI=1S/C14H27ClO2.H3N/c1-2-3-4-5-6-7-8-9-10-11-12-17-14(16)13-15;/h2-13H2,1H3;1H3. The molecule has 0 atom stereocenters. The average molecular weight is 280 g/mol. The molecule has 0 aromatic carbocycles. The van der Waals surface area contributed by atoms with Gasteiger partial charge in [-0.2, -0.15) is 0 Å². The van der Waals surface area contributed by atoms with E-state index in [1.54, 1.807) is 0 Å². The van der Waals surface area contributed by atoms with Gasteiger partial charge in [0.25, 0.3) is 0 Å². The molecule has 0 aromatic heterocycles. The Balaban J connectivity index is 0. The number of alkyl halides is 1. The summed E-state index contributed by atoms with van der Waals surface area (Å²) in [7, 11) is 0. The third kappa shape index (κ3) is 15.7. The van der Waals surface area contributed by atoms with E-state index in [1.807, 2.05) is 0 Å². The minimum Gasteiger partial charge on any atom is -0.465 e. The zero-order chi connectivity index (χ0) is 12.8. The Morgan fingerprint density at radius 1 is 0.889 bits per heavy atom. The quantitative estimate of drug-likeness (QED) is 0.315. The first-order chi connectivity index (χ1) is 8.31. The van der Waals surface area contributed by atoms with Crippen LogP contribution in [0.25, 0.3) is 0 Å². The van der Waals surface area contributed by atoms with E-state index in [1.165, 1.54) is 51.4 Å². The molecule has 0 spiro atoms. The van der Waals surface area contributed by atoms with E-state index in [9.17, 15) is 4.79 Å². The van der Waals surface area contributed by atoms with E-state index in [2.05, 4.69) is 6.92 Å². The van der Waals surface area contributed by atoms with Crippen LogP contribution in [-0.4, -0.2) is 18.5 Å². The number of halogens is 1. The molecule has 0 unspecified atom stereocenters. The lowest BCUT2D eigenvalue weighted by molar-refractivity contribution is -0.140. The van der Waals surface area contributed by atoms with Crippen molar-refractivity contribution >= 4 is 17.6 Å². The summed E-state index contributed by atoms with van der Waals surface area (Å²) in [6.45, 7) is 2.78. The van der Waals surface area contributed by atoms with Gasteiger partial charge in [0, 0.05) is 0 Å². The SMILES string of the molecule is CCCCCCCCCCCCOC(=O)CCl.N. The minimum absolute atomic E-state index is 0. The molecule has 0 saturated heterocycles. The van der Waals surface area contributed by atoms with E-state index in [-0.39, 0.29) is 18.0 Å². The van der Waals surface area contributed by atoms with E-state index < -0.39 is 0 Å². The smallest absolute Gasteiger partial charge is 0.320 e. The maximum absolute atomic E-state index is 10.7. The van der Waals surface area contributed by atoms with Gasteiger partial charge in [-0.3, -0.25) is 4.79 Å². The fraction of sp³-hybridized carbons (Fsp3) is 0.929. The molecule has 110 valence electrons. The van der Waals surface area contributed by atoms with Gasteiger partial charge in [-0.25, -0.2) is 0 Å². The highest BCUT2D eigenvalue weighted by Crippen LogP contribution is 2.10. The predicted molar refractivity (Wildman–Crippen MR) is 78.5 cm³/mol. The van der Waals surface area contributed by atoms with Crippen LogP contribution in [0.3, 0.4) is 0 Å². The molecule has 0 heterocycles. The molecule has 0 radical (unpaired) electrons. The van der Waals surface area contributed by atoms with Crippen molar-refractivity contribution in [1.29, 1.82) is 0 Å². The lowest BCUT2D eigenvalue weighted by atomic mass is 10.1. The Bertz CT molecular complexity index is 177. The molecule has 4 heteroatoms. The van der Waals surface area contributed by atoms with Gasteiger partial charge < -0.3 is 10.9 Å². The molecule has 3 N–H and O–H groups in total. The van der Waals surface area contributed by atoms with Gasteiger partial charge in [-0.15, -0.1) is 11.6 Å². The molecule has 0 rings (SSSR count). The number of carbonyl (C=O) groups is 1. The van der Waals surface area contributed by atoms with Crippen LogP contribution in [-0.2, 0) is 9.53 Å². The fourth-order valence-electron chi connectivity index (χ4n) is 1.81. The number of esters is 1. The molecule has 3 nitrogen and oxygen atoms in total. The Morgan fingerprint density at radius 2 is 1.33 bits per heavy atom. The number of hydrogen-bond acceptors (Lipinski definition) is 3. The van der Waals surface area contributed by atoms with Crippen molar-refractivity contribution in [3.8, 4) is 0 Å². The second kappa shape index (κ2) is 16.7. The lowest BCUT2D eigenvalue weighted by Crippen LogP contribution is -2.06. The van der Waals surface area contributed by atoms with Crippen LogP contribution in [0.1, 0.15) is 71.1 Å². The summed E-state index contributed by atoms with van der Waals surface area (Å²) in [6.07, 6.45) is 12.9. The van der Waals surface area contributed by atoms with Gasteiger partial charge in [-0.1, -0.05) is 64.7 Å². The van der Waals surface area contributed by atoms with Gasteiger partial charge in [-0.05, 0) is 6.42 Å². The average Bonchev–Trinajstić information content (AvgIpc) is 2.35. The summed E-state index contributed by atoms with van der Waals surface area (Å²) in [5.74, 6) is -0.333. The number of rotatable bonds is 12. The van der Waals surface area contributed by atoms with Crippen LogP contribution in [0.5, 0.6) is 0 Å². The largest absolute Gasteiger partial charge is 0.465 e. The molecule has 0 aromatic rings. The van der Waals surface area contributed by atoms with E-state index in [4.69, 9.17) is 16.3 Å². The highest BCUT2D eigenvalue weighted by Gasteiger charge is 1.98. The fourth-order valence-corrected chi connectivity index (χ4v) is 1.89. The van der Waals surface area contributed by atoms with Crippen LogP contribution in [0.4, 0.5) is 0 Å². The number of carbonyl (C=O) groups excluding carboxylic acids is 1. The first-order valence-corrected chi connectivity index (χ1v) is 7.56. The first kappa shape index (κ1) is 20.0. The van der Waals surface area contributed by atoms with Gasteiger partial charge in [0.2, 0.25) is 0 Å². The molecular formula is C14H30ClNO2. The van der Waals surface area contributed by atoms with Gasteiger partial charge in [0.15, 0.2) is 0 Å². The molecule has 0 saturated carbocycles. The lowest BCUT2D eigenvalue weighted by Gasteiger charge is -2.03. The third-order valence-corrected chi connectivity index (χ3v) is 3.09. The summed E-state index contributed by atoms with van der Waals surface area (Å²) < 4.78 is 4.89. The van der Waals surface area contributed by atoms with Crippen molar-refractivity contribution in [3.05, 3.63) is 0 Å². The molecule has 0 aliphatic heterocycles. The van der Waals surface area contributed by atoms with Crippen molar-refractivity contribution in [3.63, 3.8) is 0 Å². The summed E-state index contributed by atoms with van der Waals surface area (Å²) in [5.41, 5.74) is 0. The van der Waals surface area contributed by atoms with Gasteiger partial charge in [0.1, 0.15) is 5.88 Å². The van der Waals surface area contributed by atoms with Crippen LogP contribution in [0.15, 0.2) is 0 Å². The Kier molecular flexibility index (Phi) is 18.6. The van der Waals surface area contributed by atoms with Crippen molar-refractivity contribution in [2.75, 3.05) is 12.5 Å². The predicted octanol–water partition coefficient (Wildman–Crippen LogP) is 4.85. The maximum Gasteiger partial charge on any atom is 0.320 e. The minimum atomic E-state index is -0.303. The van der Waals surface area contributed by atoms with Crippen molar-refractivity contribution in [2.24, 2.45) is 0 Å². The van der Waals surface area contributed by atoms with Crippen molar-refractivity contribution in [2.45, 2.75) is 71.1 Å². The molecule has 0 bridgehead atoms. The molecule has 18 heavy (non-hydrogen) atoms. The molecule has 0 aliphatic rings. The first-order valence-electron chi connectivity index (χ1n) is 7.02. The normalized spacial score (nSPS) is 9.89. The van der Waals surface area contributed by atoms with E-state index >= 15 is 0 Å². The molecule has 0 fully saturated rings. The number of unbranched alkanes of at least 4 members (excludes halogenated alkanes) is 9. The van der Waals surface area contributed by atoms with Gasteiger partial charge >= 0.3 is 5.97 Å². The Morgan fingerprint density at radius 3 is 1.78 bits per heavy atom. The topological polar surface area (TPSA) is 61.3 Å². The summed E-state index contributed by atoms with van der Waals surface area (Å²) in [4.78, 5) is 10.7. The van der Waals surface area contributed by atoms with E-state index in [0.717, 1.165) is 12.8 Å².